The number of nitrogens with zero attached hydrogens (tertiary/aromatic N) is 2. The summed E-state index contributed by atoms with van der Waals surface area (Å²) in [6.07, 6.45) is 2.01. The van der Waals surface area contributed by atoms with Crippen molar-refractivity contribution in [2.24, 2.45) is 11.7 Å². The van der Waals surface area contributed by atoms with Crippen LogP contribution >= 0.6 is 11.8 Å². The molecule has 1 rings (SSSR count). The van der Waals surface area contributed by atoms with Gasteiger partial charge in [0.2, 0.25) is 10.0 Å². The van der Waals surface area contributed by atoms with E-state index in [1.54, 1.807) is 30.3 Å². The van der Waals surface area contributed by atoms with Gasteiger partial charge in [-0.2, -0.15) is 16.9 Å². The molecule has 0 aliphatic carbocycles. The highest BCUT2D eigenvalue weighted by molar-refractivity contribution is 7.98. The maximum atomic E-state index is 12.4. The third kappa shape index (κ3) is 4.21. The van der Waals surface area contributed by atoms with E-state index in [4.69, 9.17) is 5.73 Å². The molecule has 0 spiro atoms. The molecular weight excluding hydrogens is 296 g/mol. The fourth-order valence-corrected chi connectivity index (χ4v) is 4.34. The van der Waals surface area contributed by atoms with E-state index in [1.807, 2.05) is 13.2 Å². The zero-order chi connectivity index (χ0) is 15.3. The second-order valence-electron chi connectivity index (χ2n) is 4.92. The van der Waals surface area contributed by atoms with E-state index in [2.05, 4.69) is 9.82 Å². The number of aromatic nitrogens is 2. The minimum absolute atomic E-state index is 0.280. The lowest BCUT2D eigenvalue weighted by molar-refractivity contribution is 0.560. The highest BCUT2D eigenvalue weighted by atomic mass is 32.2. The van der Waals surface area contributed by atoms with Crippen LogP contribution in [0.4, 0.5) is 0 Å². The molecule has 6 nitrogen and oxygen atoms in total. The Balaban J connectivity index is 2.92. The molecule has 0 amide bonds. The Morgan fingerprint density at radius 3 is 2.65 bits per heavy atom. The lowest BCUT2D eigenvalue weighted by Gasteiger charge is -2.12. The van der Waals surface area contributed by atoms with Crippen LogP contribution < -0.4 is 10.5 Å². The Morgan fingerprint density at radius 2 is 2.10 bits per heavy atom. The Bertz CT molecular complexity index is 540. The van der Waals surface area contributed by atoms with E-state index in [1.165, 1.54) is 0 Å². The Kier molecular flexibility index (Phi) is 6.50. The minimum Gasteiger partial charge on any atom is -0.329 e. The van der Waals surface area contributed by atoms with Crippen LogP contribution in [0.5, 0.6) is 0 Å². The molecule has 116 valence electrons. The van der Waals surface area contributed by atoms with Gasteiger partial charge in [0.15, 0.2) is 0 Å². The van der Waals surface area contributed by atoms with Crippen LogP contribution in [0.3, 0.4) is 0 Å². The molecular formula is C12H24N4O2S2. The Labute approximate surface area is 125 Å². The zero-order valence-electron chi connectivity index (χ0n) is 12.5. The fraction of sp³-hybridized carbons (Fsp3) is 0.750. The first-order valence-electron chi connectivity index (χ1n) is 6.56. The lowest BCUT2D eigenvalue weighted by atomic mass is 10.2. The largest absolute Gasteiger partial charge is 0.329 e. The molecule has 1 atom stereocenters. The molecule has 8 heteroatoms. The number of sulfonamides is 1. The van der Waals surface area contributed by atoms with E-state index in [9.17, 15) is 8.42 Å². The highest BCUT2D eigenvalue weighted by Crippen LogP contribution is 2.19. The Hall–Kier alpha value is -0.570. The van der Waals surface area contributed by atoms with Gasteiger partial charge in [-0.3, -0.25) is 4.68 Å². The normalized spacial score (nSPS) is 13.7. The average molecular weight is 320 g/mol. The molecule has 0 aromatic carbocycles. The smallest absolute Gasteiger partial charge is 0.244 e. The summed E-state index contributed by atoms with van der Waals surface area (Å²) in [6, 6.07) is 0. The molecule has 1 heterocycles. The summed E-state index contributed by atoms with van der Waals surface area (Å²) in [7, 11) is -3.52. The first-order valence-corrected chi connectivity index (χ1v) is 9.43. The van der Waals surface area contributed by atoms with Crippen molar-refractivity contribution in [3.8, 4) is 0 Å². The molecule has 0 radical (unpaired) electrons. The third-order valence-electron chi connectivity index (χ3n) is 3.00. The van der Waals surface area contributed by atoms with Crippen molar-refractivity contribution >= 4 is 21.8 Å². The average Bonchev–Trinajstić information content (AvgIpc) is 2.64. The van der Waals surface area contributed by atoms with Gasteiger partial charge in [-0.1, -0.05) is 6.92 Å². The first kappa shape index (κ1) is 17.5. The summed E-state index contributed by atoms with van der Waals surface area (Å²) < 4.78 is 29.1. The summed E-state index contributed by atoms with van der Waals surface area (Å²) >= 11 is 1.71. The maximum absolute atomic E-state index is 12.4. The van der Waals surface area contributed by atoms with Crippen LogP contribution in [-0.4, -0.2) is 43.3 Å². The van der Waals surface area contributed by atoms with E-state index in [0.717, 1.165) is 5.75 Å². The SMILES string of the molecule is CSCC(C)CNS(=O)(=O)c1c(C)nn(CCN)c1C. The van der Waals surface area contributed by atoms with Crippen molar-refractivity contribution in [1.29, 1.82) is 0 Å². The molecule has 20 heavy (non-hydrogen) atoms. The van der Waals surface area contributed by atoms with Crippen molar-refractivity contribution in [2.45, 2.75) is 32.2 Å². The van der Waals surface area contributed by atoms with Crippen LogP contribution in [0.15, 0.2) is 4.90 Å². The third-order valence-corrected chi connectivity index (χ3v) is 5.58. The number of aryl methyl sites for hydroxylation is 1. The number of nitrogens with two attached hydrogens (primary N) is 1. The quantitative estimate of drug-likeness (QED) is 0.737. The molecule has 0 aliphatic rings. The maximum Gasteiger partial charge on any atom is 0.244 e. The van der Waals surface area contributed by atoms with Gasteiger partial charge in [-0.05, 0) is 31.8 Å². The van der Waals surface area contributed by atoms with Crippen molar-refractivity contribution in [3.63, 3.8) is 0 Å². The standard InChI is InChI=1S/C12H24N4O2S2/c1-9(8-19-4)7-14-20(17,18)12-10(2)15-16(6-5-13)11(12)3/h9,14H,5-8,13H2,1-4H3. The van der Waals surface area contributed by atoms with Crippen LogP contribution in [0.2, 0.25) is 0 Å². The summed E-state index contributed by atoms with van der Waals surface area (Å²) in [4.78, 5) is 0.280. The van der Waals surface area contributed by atoms with E-state index < -0.39 is 10.0 Å². The van der Waals surface area contributed by atoms with Gasteiger partial charge in [-0.15, -0.1) is 0 Å². The molecule has 0 saturated heterocycles. The van der Waals surface area contributed by atoms with Crippen LogP contribution in [0, 0.1) is 19.8 Å². The predicted molar refractivity (Wildman–Crippen MR) is 83.5 cm³/mol. The summed E-state index contributed by atoms with van der Waals surface area (Å²) in [5, 5.41) is 4.24. The molecule has 1 unspecified atom stereocenters. The van der Waals surface area contributed by atoms with Crippen LogP contribution in [0.25, 0.3) is 0 Å². The number of thioether (sulfide) groups is 1. The van der Waals surface area contributed by atoms with Gasteiger partial charge in [0.1, 0.15) is 4.90 Å². The van der Waals surface area contributed by atoms with Crippen molar-refractivity contribution in [2.75, 3.05) is 25.1 Å². The van der Waals surface area contributed by atoms with Gasteiger partial charge in [0.25, 0.3) is 0 Å². The number of rotatable bonds is 8. The predicted octanol–water partition coefficient (Wildman–Crippen LogP) is 0.736. The minimum atomic E-state index is -3.52. The van der Waals surface area contributed by atoms with E-state index in [0.29, 0.717) is 36.9 Å². The zero-order valence-corrected chi connectivity index (χ0v) is 14.1. The summed E-state index contributed by atoms with van der Waals surface area (Å²) in [5.41, 5.74) is 6.65. The van der Waals surface area contributed by atoms with Gasteiger partial charge in [-0.25, -0.2) is 13.1 Å². The summed E-state index contributed by atoms with van der Waals surface area (Å²) in [6.45, 7) is 6.88. The topological polar surface area (TPSA) is 90.0 Å². The Morgan fingerprint density at radius 1 is 1.45 bits per heavy atom. The highest BCUT2D eigenvalue weighted by Gasteiger charge is 2.24. The lowest BCUT2D eigenvalue weighted by Crippen LogP contribution is -2.30. The molecule has 3 N–H and O–H groups in total. The van der Waals surface area contributed by atoms with Gasteiger partial charge < -0.3 is 5.73 Å². The van der Waals surface area contributed by atoms with E-state index in [-0.39, 0.29) is 4.90 Å². The molecule has 0 bridgehead atoms. The second kappa shape index (κ2) is 7.44. The molecule has 0 saturated carbocycles. The molecule has 0 aliphatic heterocycles. The molecule has 0 fully saturated rings. The van der Waals surface area contributed by atoms with Crippen LogP contribution in [0.1, 0.15) is 18.3 Å². The first-order chi connectivity index (χ1) is 9.33. The van der Waals surface area contributed by atoms with E-state index >= 15 is 0 Å². The number of nitrogens with one attached hydrogen (secondary N) is 1. The molecule has 1 aromatic rings. The molecule has 1 aromatic heterocycles. The van der Waals surface area contributed by atoms with Gasteiger partial charge >= 0.3 is 0 Å². The second-order valence-corrected chi connectivity index (χ2v) is 7.54. The van der Waals surface area contributed by atoms with Crippen molar-refractivity contribution < 1.29 is 8.42 Å². The van der Waals surface area contributed by atoms with Gasteiger partial charge in [0, 0.05) is 13.1 Å². The number of hydrogen-bond acceptors (Lipinski definition) is 5. The van der Waals surface area contributed by atoms with Crippen molar-refractivity contribution in [1.82, 2.24) is 14.5 Å². The monoisotopic (exact) mass is 320 g/mol. The van der Waals surface area contributed by atoms with Crippen molar-refractivity contribution in [3.05, 3.63) is 11.4 Å². The van der Waals surface area contributed by atoms with Crippen LogP contribution in [-0.2, 0) is 16.6 Å². The number of hydrogen-bond donors (Lipinski definition) is 2. The van der Waals surface area contributed by atoms with Gasteiger partial charge in [0.05, 0.1) is 17.9 Å². The summed E-state index contributed by atoms with van der Waals surface area (Å²) in [5.74, 6) is 1.21. The fourth-order valence-electron chi connectivity index (χ4n) is 2.08.